The molecule has 0 aliphatic carbocycles. The van der Waals surface area contributed by atoms with Crippen LogP contribution >= 0.6 is 11.6 Å². The largest absolute Gasteiger partial charge is 0.387 e. The first kappa shape index (κ1) is 18.1. The zero-order valence-corrected chi connectivity index (χ0v) is 15.1. The van der Waals surface area contributed by atoms with Gasteiger partial charge in [0.05, 0.1) is 16.0 Å². The van der Waals surface area contributed by atoms with Gasteiger partial charge in [-0.15, -0.1) is 0 Å². The maximum absolute atomic E-state index is 13.2. The number of hydrogen-bond donors (Lipinski definition) is 2. The summed E-state index contributed by atoms with van der Waals surface area (Å²) in [5.74, 6) is -0.691. The fourth-order valence-corrected chi connectivity index (χ4v) is 4.14. The van der Waals surface area contributed by atoms with Gasteiger partial charge in [0, 0.05) is 25.8 Å². The van der Waals surface area contributed by atoms with Crippen LogP contribution in [0.25, 0.3) is 0 Å². The molecule has 2 aromatic rings. The number of sulfonamides is 1. The average Bonchev–Trinajstić information content (AvgIpc) is 2.95. The highest BCUT2D eigenvalue weighted by atomic mass is 35.5. The molecule has 1 unspecified atom stereocenters. The van der Waals surface area contributed by atoms with Gasteiger partial charge < -0.3 is 10.0 Å². The first-order valence-electron chi connectivity index (χ1n) is 7.74. The van der Waals surface area contributed by atoms with Crippen LogP contribution in [0.2, 0.25) is 5.02 Å². The Morgan fingerprint density at radius 2 is 2.08 bits per heavy atom. The number of likely N-dealkylation sites (N-methyl/N-ethyl adjacent to an activating group) is 1. The molecular weight excluding hydrogens is 367 g/mol. The van der Waals surface area contributed by atoms with Crippen LogP contribution in [0.3, 0.4) is 0 Å². The Bertz CT molecular complexity index is 905. The topological polar surface area (TPSA) is 69.6 Å². The minimum Gasteiger partial charge on any atom is -0.387 e. The van der Waals surface area contributed by atoms with Crippen molar-refractivity contribution in [1.29, 1.82) is 0 Å². The van der Waals surface area contributed by atoms with Gasteiger partial charge in [-0.3, -0.25) is 0 Å². The van der Waals surface area contributed by atoms with Crippen LogP contribution in [-0.4, -0.2) is 33.7 Å². The quantitative estimate of drug-likeness (QED) is 0.831. The van der Waals surface area contributed by atoms with Crippen molar-refractivity contribution in [1.82, 2.24) is 4.72 Å². The van der Waals surface area contributed by atoms with Crippen molar-refractivity contribution < 1.29 is 17.9 Å². The molecule has 2 N–H and O–H groups in total. The second kappa shape index (κ2) is 6.92. The summed E-state index contributed by atoms with van der Waals surface area (Å²) in [6.45, 7) is 0.735. The van der Waals surface area contributed by atoms with E-state index in [0.717, 1.165) is 42.4 Å². The van der Waals surface area contributed by atoms with Crippen LogP contribution in [-0.2, 0) is 16.4 Å². The van der Waals surface area contributed by atoms with Crippen molar-refractivity contribution in [3.8, 4) is 0 Å². The number of rotatable bonds is 5. The molecule has 2 aromatic carbocycles. The summed E-state index contributed by atoms with van der Waals surface area (Å²) in [6, 6.07) is 8.76. The van der Waals surface area contributed by atoms with Gasteiger partial charge in [-0.05, 0) is 41.8 Å². The van der Waals surface area contributed by atoms with Crippen LogP contribution in [0.1, 0.15) is 17.2 Å². The minimum atomic E-state index is -3.89. The van der Waals surface area contributed by atoms with Crippen LogP contribution in [0.4, 0.5) is 10.1 Å². The fraction of sp³-hybridized carbons (Fsp3) is 0.294. The van der Waals surface area contributed by atoms with E-state index in [2.05, 4.69) is 9.62 Å². The molecule has 0 saturated carbocycles. The molecular formula is C17H18ClFN2O3S. The summed E-state index contributed by atoms with van der Waals surface area (Å²) in [5, 5.41) is 10.0. The second-order valence-corrected chi connectivity index (χ2v) is 8.18. The molecule has 0 radical (unpaired) electrons. The Balaban J connectivity index is 1.71. The molecule has 5 nitrogen and oxygen atoms in total. The van der Waals surface area contributed by atoms with E-state index in [-0.39, 0.29) is 16.5 Å². The molecule has 25 heavy (non-hydrogen) atoms. The summed E-state index contributed by atoms with van der Waals surface area (Å²) in [5.41, 5.74) is 2.90. The summed E-state index contributed by atoms with van der Waals surface area (Å²) in [4.78, 5) is 1.98. The number of benzene rings is 2. The molecule has 1 atom stereocenters. The molecule has 0 bridgehead atoms. The smallest absolute Gasteiger partial charge is 0.240 e. The van der Waals surface area contributed by atoms with Crippen LogP contribution in [0.5, 0.6) is 0 Å². The number of nitrogens with zero attached hydrogens (tertiary/aromatic N) is 1. The summed E-state index contributed by atoms with van der Waals surface area (Å²) >= 11 is 5.62. The molecule has 1 aliphatic rings. The average molecular weight is 385 g/mol. The fourth-order valence-electron chi connectivity index (χ4n) is 2.83. The number of fused-ring (bicyclic) bond motifs is 1. The third kappa shape index (κ3) is 3.79. The normalized spacial score (nSPS) is 15.3. The highest BCUT2D eigenvalue weighted by Crippen LogP contribution is 2.29. The van der Waals surface area contributed by atoms with Gasteiger partial charge in [-0.2, -0.15) is 0 Å². The van der Waals surface area contributed by atoms with Gasteiger partial charge in [-0.1, -0.05) is 23.7 Å². The number of aliphatic hydroxyl groups excluding tert-OH is 1. The van der Waals surface area contributed by atoms with Crippen molar-refractivity contribution in [2.24, 2.45) is 0 Å². The lowest BCUT2D eigenvalue weighted by Crippen LogP contribution is -2.28. The van der Waals surface area contributed by atoms with E-state index in [0.29, 0.717) is 5.56 Å². The van der Waals surface area contributed by atoms with Gasteiger partial charge in [0.15, 0.2) is 0 Å². The predicted octanol–water partition coefficient (Wildman–Crippen LogP) is 2.48. The van der Waals surface area contributed by atoms with Crippen molar-refractivity contribution in [2.75, 3.05) is 25.0 Å². The van der Waals surface area contributed by atoms with E-state index in [4.69, 9.17) is 11.6 Å². The van der Waals surface area contributed by atoms with Gasteiger partial charge in [0.25, 0.3) is 0 Å². The van der Waals surface area contributed by atoms with E-state index < -0.39 is 21.9 Å². The number of hydrogen-bond acceptors (Lipinski definition) is 4. The van der Waals surface area contributed by atoms with E-state index in [1.807, 2.05) is 19.2 Å². The summed E-state index contributed by atoms with van der Waals surface area (Å²) < 4.78 is 40.0. The maximum atomic E-state index is 13.2. The lowest BCUT2D eigenvalue weighted by molar-refractivity contribution is 0.182. The number of anilines is 1. The Morgan fingerprint density at radius 1 is 1.32 bits per heavy atom. The summed E-state index contributed by atoms with van der Waals surface area (Å²) in [7, 11) is -1.89. The molecule has 0 aromatic heterocycles. The Labute approximate surface area is 151 Å². The van der Waals surface area contributed by atoms with Crippen LogP contribution < -0.4 is 9.62 Å². The molecule has 0 saturated heterocycles. The monoisotopic (exact) mass is 384 g/mol. The second-order valence-electron chi connectivity index (χ2n) is 6.00. The highest BCUT2D eigenvalue weighted by Gasteiger charge is 2.20. The first-order valence-corrected chi connectivity index (χ1v) is 9.61. The van der Waals surface area contributed by atoms with E-state index >= 15 is 0 Å². The Morgan fingerprint density at radius 3 is 2.80 bits per heavy atom. The van der Waals surface area contributed by atoms with E-state index in [1.54, 1.807) is 6.07 Å². The van der Waals surface area contributed by atoms with Crippen molar-refractivity contribution in [2.45, 2.75) is 17.4 Å². The van der Waals surface area contributed by atoms with Crippen molar-refractivity contribution >= 4 is 27.3 Å². The molecule has 134 valence electrons. The standard InChI is InChI=1S/C17H18ClFN2O3S/c1-21-7-6-11-8-12(2-5-16(11)21)17(22)10-20-25(23,24)13-3-4-15(19)14(18)9-13/h2-5,8-9,17,20,22H,6-7,10H2,1H3. The highest BCUT2D eigenvalue weighted by molar-refractivity contribution is 7.89. The molecule has 1 aliphatic heterocycles. The molecule has 3 rings (SSSR count). The zero-order valence-electron chi connectivity index (χ0n) is 13.5. The molecule has 0 spiro atoms. The zero-order chi connectivity index (χ0) is 18.2. The SMILES string of the molecule is CN1CCc2cc(C(O)CNS(=O)(=O)c3ccc(F)c(Cl)c3)ccc21. The Hall–Kier alpha value is -1.67. The predicted molar refractivity (Wildman–Crippen MR) is 95.0 cm³/mol. The number of nitrogens with one attached hydrogen (secondary N) is 1. The maximum Gasteiger partial charge on any atom is 0.240 e. The molecule has 8 heteroatoms. The Kier molecular flexibility index (Phi) is 5.02. The molecule has 0 amide bonds. The number of halogens is 2. The molecule has 1 heterocycles. The third-order valence-electron chi connectivity index (χ3n) is 4.28. The number of aliphatic hydroxyl groups is 1. The molecule has 0 fully saturated rings. The van der Waals surface area contributed by atoms with Crippen molar-refractivity contribution in [3.63, 3.8) is 0 Å². The van der Waals surface area contributed by atoms with Gasteiger partial charge >= 0.3 is 0 Å². The van der Waals surface area contributed by atoms with Gasteiger partial charge in [-0.25, -0.2) is 17.5 Å². The first-order chi connectivity index (χ1) is 11.8. The van der Waals surface area contributed by atoms with Gasteiger partial charge in [0.1, 0.15) is 5.82 Å². The van der Waals surface area contributed by atoms with Crippen LogP contribution in [0.15, 0.2) is 41.3 Å². The van der Waals surface area contributed by atoms with E-state index in [1.165, 1.54) is 0 Å². The van der Waals surface area contributed by atoms with Crippen molar-refractivity contribution in [3.05, 3.63) is 58.4 Å². The lowest BCUT2D eigenvalue weighted by atomic mass is 10.0. The van der Waals surface area contributed by atoms with E-state index in [9.17, 15) is 17.9 Å². The summed E-state index contributed by atoms with van der Waals surface area (Å²) in [6.07, 6.45) is -0.0893. The van der Waals surface area contributed by atoms with Crippen LogP contribution in [0, 0.1) is 5.82 Å². The minimum absolute atomic E-state index is 0.151. The lowest BCUT2D eigenvalue weighted by Gasteiger charge is -2.16. The van der Waals surface area contributed by atoms with Gasteiger partial charge in [0.2, 0.25) is 10.0 Å². The third-order valence-corrected chi connectivity index (χ3v) is 6.00.